The van der Waals surface area contributed by atoms with Crippen molar-refractivity contribution in [2.45, 2.75) is 32.4 Å². The number of hydrogen-bond donors (Lipinski definition) is 0. The molecule has 1 rings (SSSR count). The van der Waals surface area contributed by atoms with Gasteiger partial charge in [-0.1, -0.05) is 0 Å². The van der Waals surface area contributed by atoms with Crippen molar-refractivity contribution in [2.24, 2.45) is 0 Å². The Kier molecular flexibility index (Phi) is 4.24. The van der Waals surface area contributed by atoms with Crippen LogP contribution in [0.25, 0.3) is 0 Å². The topological polar surface area (TPSA) is 64.4 Å². The highest BCUT2D eigenvalue weighted by molar-refractivity contribution is 5.73. The lowest BCUT2D eigenvalue weighted by Crippen LogP contribution is -2.31. The van der Waals surface area contributed by atoms with Crippen LogP contribution in [0, 0.1) is 0 Å². The Morgan fingerprint density at radius 1 is 1.50 bits per heavy atom. The van der Waals surface area contributed by atoms with Crippen molar-refractivity contribution in [2.75, 3.05) is 14.1 Å². The first-order valence-electron chi connectivity index (χ1n) is 5.64. The van der Waals surface area contributed by atoms with E-state index >= 15 is 0 Å². The number of carbonyl (C=O) groups excluding carboxylic acids is 2. The van der Waals surface area contributed by atoms with E-state index in [0.717, 1.165) is 6.29 Å². The molecule has 1 aromatic heterocycles. The second kappa shape index (κ2) is 5.30. The smallest absolute Gasteiger partial charge is 0.420 e. The van der Waals surface area contributed by atoms with E-state index in [1.54, 1.807) is 39.8 Å². The Morgan fingerprint density at radius 2 is 2.11 bits per heavy atom. The molecule has 6 heteroatoms. The Morgan fingerprint density at radius 3 is 2.56 bits per heavy atom. The molecule has 100 valence electrons. The molecule has 6 nitrogen and oxygen atoms in total. The molecular weight excluding hydrogens is 234 g/mol. The maximum atomic E-state index is 12.0. The second-order valence-electron chi connectivity index (χ2n) is 5.18. The number of nitrogens with zero attached hydrogens (tertiary/aromatic N) is 3. The van der Waals surface area contributed by atoms with Gasteiger partial charge in [-0.05, 0) is 34.9 Å². The van der Waals surface area contributed by atoms with Crippen molar-refractivity contribution in [3.63, 3.8) is 0 Å². The highest BCUT2D eigenvalue weighted by atomic mass is 16.6. The van der Waals surface area contributed by atoms with Crippen LogP contribution in [0.5, 0.6) is 0 Å². The molecule has 0 radical (unpaired) electrons. The van der Waals surface area contributed by atoms with Crippen LogP contribution >= 0.6 is 0 Å². The molecule has 0 spiro atoms. The number of aromatic nitrogens is 2. The molecule has 0 N–H and O–H groups in total. The minimum atomic E-state index is -0.590. The zero-order valence-electron chi connectivity index (χ0n) is 11.4. The normalized spacial score (nSPS) is 13.4. The fourth-order valence-corrected chi connectivity index (χ4v) is 1.41. The maximum Gasteiger partial charge on any atom is 0.420 e. The summed E-state index contributed by atoms with van der Waals surface area (Å²) >= 11 is 0. The van der Waals surface area contributed by atoms with Crippen LogP contribution in [-0.2, 0) is 9.53 Å². The van der Waals surface area contributed by atoms with Gasteiger partial charge in [0.15, 0.2) is 0 Å². The van der Waals surface area contributed by atoms with E-state index in [-0.39, 0.29) is 0 Å². The number of hydrogen-bond acceptors (Lipinski definition) is 5. The van der Waals surface area contributed by atoms with E-state index in [1.807, 2.05) is 0 Å². The predicted molar refractivity (Wildman–Crippen MR) is 66.4 cm³/mol. The molecule has 0 saturated carbocycles. The first-order valence-corrected chi connectivity index (χ1v) is 5.64. The average molecular weight is 253 g/mol. The molecule has 1 heterocycles. The van der Waals surface area contributed by atoms with Gasteiger partial charge in [-0.25, -0.2) is 14.3 Å². The van der Waals surface area contributed by atoms with E-state index in [0.29, 0.717) is 5.82 Å². The third-order valence-electron chi connectivity index (χ3n) is 2.21. The number of likely N-dealkylation sites (N-methyl/N-ethyl adjacent to an activating group) is 1. The van der Waals surface area contributed by atoms with E-state index in [1.165, 1.54) is 17.0 Å². The number of ether oxygens (including phenoxy) is 1. The summed E-state index contributed by atoms with van der Waals surface area (Å²) in [6, 6.07) is -0.576. The first kappa shape index (κ1) is 14.4. The van der Waals surface area contributed by atoms with E-state index in [2.05, 4.69) is 4.98 Å². The maximum absolute atomic E-state index is 12.0. The zero-order chi connectivity index (χ0) is 13.9. The van der Waals surface area contributed by atoms with Crippen molar-refractivity contribution in [1.29, 1.82) is 0 Å². The van der Waals surface area contributed by atoms with Gasteiger partial charge in [0.05, 0.1) is 0 Å². The Hall–Kier alpha value is -1.69. The minimum Gasteiger partial charge on any atom is -0.443 e. The summed E-state index contributed by atoms with van der Waals surface area (Å²) in [5, 5.41) is 0. The monoisotopic (exact) mass is 253 g/mol. The van der Waals surface area contributed by atoms with Gasteiger partial charge in [0.25, 0.3) is 0 Å². The molecule has 0 bridgehead atoms. The predicted octanol–water partition coefficient (Wildman–Crippen LogP) is 1.47. The summed E-state index contributed by atoms with van der Waals surface area (Å²) in [5.74, 6) is 0.351. The van der Waals surface area contributed by atoms with Gasteiger partial charge < -0.3 is 9.53 Å². The summed E-state index contributed by atoms with van der Waals surface area (Å²) in [6.45, 7) is 5.35. The lowest BCUT2D eigenvalue weighted by atomic mass is 10.2. The van der Waals surface area contributed by atoms with Crippen LogP contribution in [0.2, 0.25) is 0 Å². The molecule has 0 aliphatic heterocycles. The highest BCUT2D eigenvalue weighted by Gasteiger charge is 2.24. The summed E-state index contributed by atoms with van der Waals surface area (Å²) < 4.78 is 6.50. The average Bonchev–Trinajstić information content (AvgIpc) is 2.64. The number of rotatable bonds is 3. The van der Waals surface area contributed by atoms with E-state index in [9.17, 15) is 9.59 Å². The third-order valence-corrected chi connectivity index (χ3v) is 2.21. The summed E-state index contributed by atoms with van der Waals surface area (Å²) in [5.41, 5.74) is -0.590. The molecule has 0 aromatic carbocycles. The molecule has 0 aliphatic carbocycles. The first-order chi connectivity index (χ1) is 8.26. The lowest BCUT2D eigenvalue weighted by molar-refractivity contribution is -0.112. The Bertz CT molecular complexity index is 432. The third kappa shape index (κ3) is 3.40. The fourth-order valence-electron chi connectivity index (χ4n) is 1.41. The Balaban J connectivity index is 3.02. The zero-order valence-corrected chi connectivity index (χ0v) is 11.4. The largest absolute Gasteiger partial charge is 0.443 e. The van der Waals surface area contributed by atoms with Gasteiger partial charge in [-0.3, -0.25) is 4.90 Å². The van der Waals surface area contributed by atoms with Crippen LogP contribution in [-0.4, -0.2) is 46.5 Å². The van der Waals surface area contributed by atoms with Crippen molar-refractivity contribution in [1.82, 2.24) is 14.5 Å². The van der Waals surface area contributed by atoms with Crippen LogP contribution in [0.3, 0.4) is 0 Å². The van der Waals surface area contributed by atoms with Gasteiger partial charge in [-0.15, -0.1) is 0 Å². The van der Waals surface area contributed by atoms with Crippen molar-refractivity contribution in [3.05, 3.63) is 18.2 Å². The van der Waals surface area contributed by atoms with Crippen molar-refractivity contribution in [3.8, 4) is 0 Å². The van der Waals surface area contributed by atoms with E-state index in [4.69, 9.17) is 4.74 Å². The molecule has 0 aliphatic rings. The molecule has 0 saturated heterocycles. The summed E-state index contributed by atoms with van der Waals surface area (Å²) in [6.07, 6.45) is 3.16. The number of carbonyl (C=O) groups is 2. The van der Waals surface area contributed by atoms with Gasteiger partial charge in [0.2, 0.25) is 0 Å². The van der Waals surface area contributed by atoms with Crippen LogP contribution in [0.1, 0.15) is 32.6 Å². The second-order valence-corrected chi connectivity index (χ2v) is 5.18. The van der Waals surface area contributed by atoms with Crippen LogP contribution < -0.4 is 0 Å². The SMILES string of the molecule is CN(C)C(C=O)c1nccn1C(=O)OC(C)(C)C. The van der Waals surface area contributed by atoms with Gasteiger partial charge in [-0.2, -0.15) is 0 Å². The fraction of sp³-hybridized carbons (Fsp3) is 0.583. The molecule has 1 unspecified atom stereocenters. The molecule has 0 amide bonds. The standard InChI is InChI=1S/C12H19N3O3/c1-12(2,3)18-11(17)15-7-6-13-10(15)9(8-16)14(4)5/h6-9H,1-5H3. The summed E-state index contributed by atoms with van der Waals surface area (Å²) in [4.78, 5) is 28.7. The minimum absolute atomic E-state index is 0.351. The number of imidazole rings is 1. The van der Waals surface area contributed by atoms with Crippen LogP contribution in [0.15, 0.2) is 12.4 Å². The van der Waals surface area contributed by atoms with Crippen molar-refractivity contribution < 1.29 is 14.3 Å². The van der Waals surface area contributed by atoms with Gasteiger partial charge in [0.1, 0.15) is 23.8 Å². The van der Waals surface area contributed by atoms with E-state index < -0.39 is 17.7 Å². The van der Waals surface area contributed by atoms with Crippen molar-refractivity contribution >= 4 is 12.4 Å². The number of aldehydes is 1. The summed E-state index contributed by atoms with van der Waals surface area (Å²) in [7, 11) is 3.49. The van der Waals surface area contributed by atoms with Crippen LogP contribution in [0.4, 0.5) is 4.79 Å². The molecule has 1 aromatic rings. The highest BCUT2D eigenvalue weighted by Crippen LogP contribution is 2.16. The molecule has 0 fully saturated rings. The van der Waals surface area contributed by atoms with Gasteiger partial charge >= 0.3 is 6.09 Å². The lowest BCUT2D eigenvalue weighted by Gasteiger charge is -2.22. The molecule has 18 heavy (non-hydrogen) atoms. The van der Waals surface area contributed by atoms with Gasteiger partial charge in [0, 0.05) is 12.4 Å². The quantitative estimate of drug-likeness (QED) is 0.763. The Labute approximate surface area is 107 Å². The molecule has 1 atom stereocenters. The molecular formula is C12H19N3O3.